The molecule has 27 heavy (non-hydrogen) atoms. The van der Waals surface area contributed by atoms with E-state index < -0.39 is 22.0 Å². The van der Waals surface area contributed by atoms with Gasteiger partial charge in [0.05, 0.1) is 4.90 Å². The highest BCUT2D eigenvalue weighted by Crippen LogP contribution is 2.32. The van der Waals surface area contributed by atoms with Crippen LogP contribution in [-0.2, 0) is 26.2 Å². The van der Waals surface area contributed by atoms with Gasteiger partial charge in [0.1, 0.15) is 12.6 Å². The smallest absolute Gasteiger partial charge is 0.324 e. The van der Waals surface area contributed by atoms with Gasteiger partial charge in [-0.2, -0.15) is 4.31 Å². The molecule has 142 valence electrons. The second-order valence-electron chi connectivity index (χ2n) is 6.73. The average molecular weight is 385 g/mol. The zero-order valence-corrected chi connectivity index (χ0v) is 16.3. The second kappa shape index (κ2) is 7.66. The molecule has 0 aromatic heterocycles. The molecule has 0 saturated heterocycles. The summed E-state index contributed by atoms with van der Waals surface area (Å²) in [5.74, 6) is -0.566. The lowest BCUT2D eigenvalue weighted by atomic mass is 10.0. The number of benzene rings is 2. The van der Waals surface area contributed by atoms with Crippen LogP contribution in [0.5, 0.6) is 0 Å². The van der Waals surface area contributed by atoms with Crippen molar-refractivity contribution in [1.82, 2.24) is 4.31 Å². The molecule has 0 N–H and O–H groups in total. The molecule has 2 aromatic carbocycles. The lowest BCUT2D eigenvalue weighted by Gasteiger charge is -2.25. The van der Waals surface area contributed by atoms with Crippen LogP contribution in [0, 0.1) is 6.92 Å². The Morgan fingerprint density at radius 1 is 1.19 bits per heavy atom. The first kappa shape index (κ1) is 19.3. The van der Waals surface area contributed by atoms with Gasteiger partial charge < -0.3 is 4.74 Å². The number of rotatable bonds is 4. The summed E-state index contributed by atoms with van der Waals surface area (Å²) < 4.78 is 32.8. The molecule has 1 atom stereocenters. The summed E-state index contributed by atoms with van der Waals surface area (Å²) in [6.07, 6.45) is 0.464. The second-order valence-corrected chi connectivity index (χ2v) is 8.59. The number of ether oxygens (including phenoxy) is 1. The van der Waals surface area contributed by atoms with Crippen LogP contribution >= 0.6 is 0 Å². The van der Waals surface area contributed by atoms with Gasteiger partial charge in [-0.05, 0) is 43.0 Å². The van der Waals surface area contributed by atoms with Crippen molar-refractivity contribution in [3.63, 3.8) is 0 Å². The highest BCUT2D eigenvalue weighted by molar-refractivity contribution is 7.89. The maximum absolute atomic E-state index is 13.1. The molecule has 0 spiro atoms. The van der Waals surface area contributed by atoms with Crippen LogP contribution in [-0.4, -0.2) is 31.3 Å². The largest absolute Gasteiger partial charge is 0.460 e. The van der Waals surface area contributed by atoms with E-state index in [1.807, 2.05) is 31.2 Å². The molecule has 0 fully saturated rings. The third kappa shape index (κ3) is 3.96. The Kier molecular flexibility index (Phi) is 5.48. The summed E-state index contributed by atoms with van der Waals surface area (Å²) in [4.78, 5) is 12.7. The minimum absolute atomic E-state index is 0.112. The zero-order chi connectivity index (χ0) is 19.6. The lowest BCUT2D eigenvalue weighted by molar-refractivity contribution is -0.149. The molecule has 0 amide bonds. The first-order chi connectivity index (χ1) is 12.8. The van der Waals surface area contributed by atoms with Gasteiger partial charge in [0.25, 0.3) is 0 Å². The first-order valence-corrected chi connectivity index (χ1v) is 10.3. The van der Waals surface area contributed by atoms with Gasteiger partial charge in [0.2, 0.25) is 10.0 Å². The quantitative estimate of drug-likeness (QED) is 0.755. The minimum atomic E-state index is -3.81. The predicted octanol–water partition coefficient (Wildman–Crippen LogP) is 3.53. The van der Waals surface area contributed by atoms with E-state index in [2.05, 4.69) is 6.58 Å². The highest BCUT2D eigenvalue weighted by atomic mass is 32.2. The number of sulfonamides is 1. The molecule has 2 aromatic rings. The van der Waals surface area contributed by atoms with Gasteiger partial charge in [0.15, 0.2) is 0 Å². The normalized spacial score (nSPS) is 17.6. The van der Waals surface area contributed by atoms with E-state index in [4.69, 9.17) is 4.74 Å². The maximum Gasteiger partial charge on any atom is 0.324 e. The van der Waals surface area contributed by atoms with Gasteiger partial charge in [0, 0.05) is 6.54 Å². The van der Waals surface area contributed by atoms with Gasteiger partial charge in [-0.3, -0.25) is 4.79 Å². The van der Waals surface area contributed by atoms with Crippen LogP contribution < -0.4 is 0 Å². The third-order valence-electron chi connectivity index (χ3n) is 4.76. The van der Waals surface area contributed by atoms with E-state index in [1.165, 1.54) is 4.31 Å². The fraction of sp³-hybridized carbons (Fsp3) is 0.286. The first-order valence-electron chi connectivity index (χ1n) is 8.82. The van der Waals surface area contributed by atoms with Crippen molar-refractivity contribution in [2.24, 2.45) is 0 Å². The molecule has 0 unspecified atom stereocenters. The molecule has 0 radical (unpaired) electrons. The summed E-state index contributed by atoms with van der Waals surface area (Å²) in [7, 11) is -3.81. The van der Waals surface area contributed by atoms with E-state index in [-0.39, 0.29) is 18.0 Å². The molecule has 1 aliphatic heterocycles. The van der Waals surface area contributed by atoms with Crippen molar-refractivity contribution < 1.29 is 17.9 Å². The molecule has 1 heterocycles. The van der Waals surface area contributed by atoms with E-state index in [1.54, 1.807) is 31.2 Å². The number of carbonyl (C=O) groups is 1. The SMILES string of the molecule is C=C1CCN([C@H](C)C(=O)OCc2ccc(C)cc2)S(=O)(=O)c2ccccc21. The maximum atomic E-state index is 13.1. The number of esters is 1. The van der Waals surface area contributed by atoms with Gasteiger partial charge in [-0.1, -0.05) is 54.6 Å². The van der Waals surface area contributed by atoms with Crippen LogP contribution in [0.2, 0.25) is 0 Å². The number of hydrogen-bond donors (Lipinski definition) is 0. The van der Waals surface area contributed by atoms with Gasteiger partial charge in [-0.25, -0.2) is 8.42 Å². The van der Waals surface area contributed by atoms with Crippen LogP contribution in [0.1, 0.15) is 30.0 Å². The summed E-state index contributed by atoms with van der Waals surface area (Å²) in [5, 5.41) is 0. The van der Waals surface area contributed by atoms with Crippen LogP contribution in [0.4, 0.5) is 0 Å². The average Bonchev–Trinajstić information content (AvgIpc) is 2.76. The summed E-state index contributed by atoms with van der Waals surface area (Å²) in [5.41, 5.74) is 3.34. The molecule has 5 nitrogen and oxygen atoms in total. The van der Waals surface area contributed by atoms with E-state index in [9.17, 15) is 13.2 Å². The molecule has 0 saturated carbocycles. The Hall–Kier alpha value is -2.44. The molecule has 1 aliphatic rings. The van der Waals surface area contributed by atoms with Crippen LogP contribution in [0.3, 0.4) is 0 Å². The minimum Gasteiger partial charge on any atom is -0.460 e. The molecule has 6 heteroatoms. The Bertz CT molecular complexity index is 964. The Morgan fingerprint density at radius 2 is 1.85 bits per heavy atom. The predicted molar refractivity (Wildman–Crippen MR) is 104 cm³/mol. The van der Waals surface area contributed by atoms with Crippen LogP contribution in [0.25, 0.3) is 5.57 Å². The molecular formula is C21H23NO4S. The topological polar surface area (TPSA) is 63.7 Å². The van der Waals surface area contributed by atoms with E-state index in [0.29, 0.717) is 12.0 Å². The van der Waals surface area contributed by atoms with Crippen molar-refractivity contribution in [1.29, 1.82) is 0 Å². The van der Waals surface area contributed by atoms with Gasteiger partial charge >= 0.3 is 5.97 Å². The molecular weight excluding hydrogens is 362 g/mol. The van der Waals surface area contributed by atoms with Gasteiger partial charge in [-0.15, -0.1) is 0 Å². The summed E-state index contributed by atoms with van der Waals surface area (Å²) >= 11 is 0. The Balaban J connectivity index is 1.79. The van der Waals surface area contributed by atoms with Crippen molar-refractivity contribution in [3.05, 3.63) is 71.8 Å². The highest BCUT2D eigenvalue weighted by Gasteiger charge is 2.37. The van der Waals surface area contributed by atoms with E-state index in [0.717, 1.165) is 16.7 Å². The zero-order valence-electron chi connectivity index (χ0n) is 15.5. The summed E-state index contributed by atoms with van der Waals surface area (Å²) in [6, 6.07) is 13.5. The molecule has 0 bridgehead atoms. The van der Waals surface area contributed by atoms with E-state index >= 15 is 0 Å². The Morgan fingerprint density at radius 3 is 2.56 bits per heavy atom. The molecule has 0 aliphatic carbocycles. The van der Waals surface area contributed by atoms with Crippen molar-refractivity contribution in [2.75, 3.05) is 6.54 Å². The summed E-state index contributed by atoms with van der Waals surface area (Å²) in [6.45, 7) is 7.84. The van der Waals surface area contributed by atoms with Crippen LogP contribution in [0.15, 0.2) is 60.0 Å². The number of fused-ring (bicyclic) bond motifs is 1. The number of nitrogens with zero attached hydrogens (tertiary/aromatic N) is 1. The van der Waals surface area contributed by atoms with Crippen molar-refractivity contribution in [3.8, 4) is 0 Å². The monoisotopic (exact) mass is 385 g/mol. The number of aryl methyl sites for hydroxylation is 1. The third-order valence-corrected chi connectivity index (χ3v) is 6.79. The number of hydrogen-bond acceptors (Lipinski definition) is 4. The Labute approximate surface area is 160 Å². The lowest BCUT2D eigenvalue weighted by Crippen LogP contribution is -2.43. The van der Waals surface area contributed by atoms with Crippen molar-refractivity contribution >= 4 is 21.6 Å². The number of carbonyl (C=O) groups excluding carboxylic acids is 1. The van der Waals surface area contributed by atoms with Crippen molar-refractivity contribution in [2.45, 2.75) is 37.8 Å². The fourth-order valence-electron chi connectivity index (χ4n) is 3.09. The molecule has 3 rings (SSSR count). The fourth-order valence-corrected chi connectivity index (χ4v) is 4.92. The standard InChI is InChI=1S/C21H23NO4S/c1-15-8-10-18(11-9-15)14-26-21(23)17(3)22-13-12-16(2)19-6-4-5-7-20(19)27(22,24)25/h4-11,17H,2,12-14H2,1,3H3/t17-/m1/s1.